The maximum absolute atomic E-state index is 12.9. The Kier molecular flexibility index (Phi) is 5.83. The van der Waals surface area contributed by atoms with Crippen molar-refractivity contribution in [1.29, 1.82) is 0 Å². The topological polar surface area (TPSA) is 64.4 Å². The van der Waals surface area contributed by atoms with Crippen LogP contribution in [-0.2, 0) is 22.6 Å². The number of benzene rings is 1. The first-order valence-corrected chi connectivity index (χ1v) is 10.4. The van der Waals surface area contributed by atoms with Crippen molar-refractivity contribution in [2.75, 3.05) is 13.2 Å². The minimum atomic E-state index is -0.109. The first-order chi connectivity index (χ1) is 13.7. The van der Waals surface area contributed by atoms with Gasteiger partial charge in [0.1, 0.15) is 0 Å². The van der Waals surface area contributed by atoms with Crippen LogP contribution in [0.3, 0.4) is 0 Å². The number of fused-ring (bicyclic) bond motifs is 1. The molecule has 3 aromatic rings. The van der Waals surface area contributed by atoms with Crippen LogP contribution in [0.25, 0.3) is 10.9 Å². The fourth-order valence-corrected chi connectivity index (χ4v) is 4.24. The van der Waals surface area contributed by atoms with Gasteiger partial charge in [0.05, 0.1) is 29.9 Å². The minimum absolute atomic E-state index is 0.0314. The number of amides is 1. The number of hydrogen-bond acceptors (Lipinski definition) is 5. The molecule has 1 fully saturated rings. The molecule has 0 bridgehead atoms. The van der Waals surface area contributed by atoms with E-state index in [1.165, 1.54) is 10.9 Å². The molecule has 1 atom stereocenters. The summed E-state index contributed by atoms with van der Waals surface area (Å²) >= 11 is 1.64. The number of nitrogens with zero attached hydrogens (tertiary/aromatic N) is 3. The molecule has 6 nitrogen and oxygen atoms in total. The Morgan fingerprint density at radius 1 is 1.29 bits per heavy atom. The predicted molar refractivity (Wildman–Crippen MR) is 109 cm³/mol. The lowest BCUT2D eigenvalue weighted by atomic mass is 10.2. The first-order valence-electron chi connectivity index (χ1n) is 9.56. The van der Waals surface area contributed by atoms with E-state index in [2.05, 4.69) is 4.98 Å². The van der Waals surface area contributed by atoms with E-state index in [1.807, 2.05) is 40.6 Å². The molecule has 1 unspecified atom stereocenters. The van der Waals surface area contributed by atoms with Gasteiger partial charge in [-0.1, -0.05) is 18.2 Å². The van der Waals surface area contributed by atoms with Gasteiger partial charge in [0.15, 0.2) is 0 Å². The second kappa shape index (κ2) is 8.67. The molecule has 1 saturated heterocycles. The number of rotatable bonds is 7. The minimum Gasteiger partial charge on any atom is -0.376 e. The maximum Gasteiger partial charge on any atom is 0.261 e. The van der Waals surface area contributed by atoms with E-state index >= 15 is 0 Å². The van der Waals surface area contributed by atoms with Crippen LogP contribution in [0.2, 0.25) is 0 Å². The van der Waals surface area contributed by atoms with Crippen LogP contribution in [0.4, 0.5) is 0 Å². The van der Waals surface area contributed by atoms with Gasteiger partial charge in [0.2, 0.25) is 5.91 Å². The maximum atomic E-state index is 12.9. The molecular weight excluding hydrogens is 374 g/mol. The average Bonchev–Trinajstić information content (AvgIpc) is 3.41. The number of ether oxygens (including phenoxy) is 1. The number of carbonyl (C=O) groups excluding carboxylic acids is 1. The van der Waals surface area contributed by atoms with Gasteiger partial charge in [-0.25, -0.2) is 4.98 Å². The summed E-state index contributed by atoms with van der Waals surface area (Å²) in [6.07, 6.45) is 3.93. The van der Waals surface area contributed by atoms with E-state index in [1.54, 1.807) is 17.4 Å². The van der Waals surface area contributed by atoms with Gasteiger partial charge in [-0.05, 0) is 36.4 Å². The zero-order valence-electron chi connectivity index (χ0n) is 15.6. The van der Waals surface area contributed by atoms with Crippen LogP contribution in [0.5, 0.6) is 0 Å². The molecule has 28 heavy (non-hydrogen) atoms. The van der Waals surface area contributed by atoms with Crippen molar-refractivity contribution in [1.82, 2.24) is 14.5 Å². The molecule has 4 rings (SSSR count). The molecule has 2 aromatic heterocycles. The molecule has 1 amide bonds. The summed E-state index contributed by atoms with van der Waals surface area (Å²) in [6, 6.07) is 11.3. The van der Waals surface area contributed by atoms with Crippen molar-refractivity contribution in [3.8, 4) is 0 Å². The number of carbonyl (C=O) groups is 1. The summed E-state index contributed by atoms with van der Waals surface area (Å²) in [6.45, 7) is 2.27. The van der Waals surface area contributed by atoms with Crippen molar-refractivity contribution in [2.45, 2.75) is 38.5 Å². The van der Waals surface area contributed by atoms with E-state index in [0.717, 1.165) is 24.3 Å². The third-order valence-electron chi connectivity index (χ3n) is 5.03. The second-order valence-corrected chi connectivity index (χ2v) is 8.03. The van der Waals surface area contributed by atoms with E-state index in [0.29, 0.717) is 30.5 Å². The number of aromatic nitrogens is 2. The molecule has 0 radical (unpaired) electrons. The summed E-state index contributed by atoms with van der Waals surface area (Å²) < 4.78 is 7.25. The first kappa shape index (κ1) is 18.8. The van der Waals surface area contributed by atoms with Gasteiger partial charge in [-0.2, -0.15) is 0 Å². The van der Waals surface area contributed by atoms with E-state index < -0.39 is 0 Å². The predicted octanol–water partition coefficient (Wildman–Crippen LogP) is 3.06. The van der Waals surface area contributed by atoms with Crippen LogP contribution in [0, 0.1) is 0 Å². The molecule has 0 N–H and O–H groups in total. The summed E-state index contributed by atoms with van der Waals surface area (Å²) in [5, 5.41) is 2.59. The van der Waals surface area contributed by atoms with Gasteiger partial charge in [0.25, 0.3) is 5.56 Å². The monoisotopic (exact) mass is 397 g/mol. The zero-order chi connectivity index (χ0) is 19.3. The molecule has 1 aliphatic heterocycles. The van der Waals surface area contributed by atoms with E-state index in [9.17, 15) is 9.59 Å². The molecule has 1 aliphatic rings. The quantitative estimate of drug-likeness (QED) is 0.615. The van der Waals surface area contributed by atoms with Crippen molar-refractivity contribution >= 4 is 28.1 Å². The van der Waals surface area contributed by atoms with E-state index in [-0.39, 0.29) is 24.0 Å². The average molecular weight is 398 g/mol. The standard InChI is InChI=1S/C21H23N3O3S/c25-20(9-10-23-15-22-19-8-2-1-7-18(19)21(23)26)24(13-16-5-3-11-27-16)14-17-6-4-12-28-17/h1-2,4,6-8,12,15-16H,3,5,9-11,13-14H2. The molecule has 0 aliphatic carbocycles. The fourth-order valence-electron chi connectivity index (χ4n) is 3.52. The van der Waals surface area contributed by atoms with Crippen LogP contribution in [0.15, 0.2) is 52.9 Å². The number of para-hydroxylation sites is 1. The Hall–Kier alpha value is -2.51. The van der Waals surface area contributed by atoms with E-state index in [4.69, 9.17) is 4.74 Å². The van der Waals surface area contributed by atoms with Crippen molar-refractivity contribution in [3.63, 3.8) is 0 Å². The highest BCUT2D eigenvalue weighted by atomic mass is 32.1. The Morgan fingerprint density at radius 2 is 2.18 bits per heavy atom. The van der Waals surface area contributed by atoms with Crippen molar-refractivity contribution < 1.29 is 9.53 Å². The third kappa shape index (κ3) is 4.31. The van der Waals surface area contributed by atoms with Crippen LogP contribution in [0.1, 0.15) is 24.1 Å². The summed E-state index contributed by atoms with van der Waals surface area (Å²) in [5.41, 5.74) is 0.565. The highest BCUT2D eigenvalue weighted by Gasteiger charge is 2.23. The number of hydrogen-bond donors (Lipinski definition) is 0. The molecule has 146 valence electrons. The number of thiophene rings is 1. The third-order valence-corrected chi connectivity index (χ3v) is 5.89. The number of aryl methyl sites for hydroxylation is 1. The molecule has 3 heterocycles. The molecular formula is C21H23N3O3S. The summed E-state index contributed by atoms with van der Waals surface area (Å²) in [5.74, 6) is 0.0314. The highest BCUT2D eigenvalue weighted by Crippen LogP contribution is 2.18. The second-order valence-electron chi connectivity index (χ2n) is 7.00. The Balaban J connectivity index is 1.46. The Bertz CT molecular complexity index is 994. The lowest BCUT2D eigenvalue weighted by molar-refractivity contribution is -0.133. The van der Waals surface area contributed by atoms with Crippen LogP contribution >= 0.6 is 11.3 Å². The van der Waals surface area contributed by atoms with Gasteiger partial charge in [-0.15, -0.1) is 11.3 Å². The highest BCUT2D eigenvalue weighted by molar-refractivity contribution is 7.09. The Morgan fingerprint density at radius 3 is 2.96 bits per heavy atom. The van der Waals surface area contributed by atoms with Gasteiger partial charge < -0.3 is 9.64 Å². The van der Waals surface area contributed by atoms with Crippen molar-refractivity contribution in [3.05, 3.63) is 63.3 Å². The zero-order valence-corrected chi connectivity index (χ0v) is 16.4. The normalized spacial score (nSPS) is 16.5. The lowest BCUT2D eigenvalue weighted by Crippen LogP contribution is -2.37. The van der Waals surface area contributed by atoms with Crippen molar-refractivity contribution in [2.24, 2.45) is 0 Å². The largest absolute Gasteiger partial charge is 0.376 e. The lowest BCUT2D eigenvalue weighted by Gasteiger charge is -2.25. The summed E-state index contributed by atoms with van der Waals surface area (Å²) in [7, 11) is 0. The van der Waals surface area contributed by atoms with Gasteiger partial charge in [0, 0.05) is 31.0 Å². The smallest absolute Gasteiger partial charge is 0.261 e. The Labute approximate surface area is 167 Å². The fraction of sp³-hybridized carbons (Fsp3) is 0.381. The van der Waals surface area contributed by atoms with Gasteiger partial charge >= 0.3 is 0 Å². The molecule has 7 heteroatoms. The molecule has 1 aromatic carbocycles. The van der Waals surface area contributed by atoms with Crippen LogP contribution in [-0.4, -0.2) is 39.6 Å². The van der Waals surface area contributed by atoms with Crippen LogP contribution < -0.4 is 5.56 Å². The van der Waals surface area contributed by atoms with Gasteiger partial charge in [-0.3, -0.25) is 14.2 Å². The molecule has 0 spiro atoms. The molecule has 0 saturated carbocycles. The summed E-state index contributed by atoms with van der Waals surface area (Å²) in [4.78, 5) is 32.9. The SMILES string of the molecule is O=C(CCn1cnc2ccccc2c1=O)N(Cc1cccs1)CC1CCCO1.